The van der Waals surface area contributed by atoms with Gasteiger partial charge in [0.05, 0.1) is 18.4 Å². The van der Waals surface area contributed by atoms with Crippen LogP contribution < -0.4 is 9.47 Å². The van der Waals surface area contributed by atoms with Crippen molar-refractivity contribution < 1.29 is 18.3 Å². The minimum Gasteiger partial charge on any atom is -0.493 e. The van der Waals surface area contributed by atoms with Crippen LogP contribution in [0, 0.1) is 11.3 Å². The topological polar surface area (TPSA) is 55.1 Å². The Hall–Kier alpha value is -2.94. The Bertz CT molecular complexity index is 710. The molecule has 0 bridgehead atoms. The average molecular weight is 302 g/mol. The van der Waals surface area contributed by atoms with Crippen molar-refractivity contribution in [2.24, 2.45) is 0 Å². The van der Waals surface area contributed by atoms with E-state index in [1.165, 1.54) is 19.3 Å². The fraction of sp³-hybridized carbons (Fsp3) is 0.125. The summed E-state index contributed by atoms with van der Waals surface area (Å²) in [6.07, 6.45) is 2.98. The van der Waals surface area contributed by atoms with Gasteiger partial charge in [-0.25, -0.2) is 0 Å². The van der Waals surface area contributed by atoms with Gasteiger partial charge in [-0.1, -0.05) is 18.2 Å². The third kappa shape index (κ3) is 3.58. The van der Waals surface area contributed by atoms with E-state index in [0.717, 1.165) is 0 Å². The van der Waals surface area contributed by atoms with Crippen LogP contribution in [0.2, 0.25) is 0 Å². The second-order valence-corrected chi connectivity index (χ2v) is 4.14. The molecule has 1 aromatic heterocycles. The molecular weight excluding hydrogens is 290 g/mol. The van der Waals surface area contributed by atoms with Gasteiger partial charge in [0.15, 0.2) is 11.5 Å². The number of pyridine rings is 1. The van der Waals surface area contributed by atoms with Crippen molar-refractivity contribution in [1.29, 1.82) is 5.26 Å². The number of halogens is 2. The molecule has 0 spiro atoms. The predicted octanol–water partition coefficient (Wildman–Crippen LogP) is 3.76. The molecule has 0 amide bonds. The maximum Gasteiger partial charge on any atom is 0.387 e. The Labute approximate surface area is 126 Å². The number of rotatable bonds is 5. The maximum atomic E-state index is 12.6. The van der Waals surface area contributed by atoms with Crippen LogP contribution in [0.4, 0.5) is 8.78 Å². The van der Waals surface area contributed by atoms with Crippen LogP contribution >= 0.6 is 0 Å². The molecule has 1 heterocycles. The Kier molecular flexibility index (Phi) is 5.04. The van der Waals surface area contributed by atoms with E-state index < -0.39 is 6.61 Å². The lowest BCUT2D eigenvalue weighted by molar-refractivity contribution is -0.0513. The molecule has 0 aliphatic carbocycles. The second-order valence-electron chi connectivity index (χ2n) is 4.14. The summed E-state index contributed by atoms with van der Waals surface area (Å²) in [6, 6.07) is 11.8. The van der Waals surface area contributed by atoms with Crippen molar-refractivity contribution in [3.8, 4) is 17.6 Å². The van der Waals surface area contributed by atoms with Crippen molar-refractivity contribution >= 4 is 11.6 Å². The van der Waals surface area contributed by atoms with E-state index in [4.69, 9.17) is 4.74 Å². The van der Waals surface area contributed by atoms with Crippen molar-refractivity contribution in [2.75, 3.05) is 7.11 Å². The molecule has 0 fully saturated rings. The summed E-state index contributed by atoms with van der Waals surface area (Å²) in [6.45, 7) is -3.00. The summed E-state index contributed by atoms with van der Waals surface area (Å²) in [4.78, 5) is 4.07. The van der Waals surface area contributed by atoms with Crippen LogP contribution in [0.15, 0.2) is 42.6 Å². The third-order valence-electron chi connectivity index (χ3n) is 2.80. The van der Waals surface area contributed by atoms with Crippen LogP contribution in [0.5, 0.6) is 11.5 Å². The number of benzene rings is 1. The molecule has 0 aliphatic rings. The standard InChI is InChI=1S/C16H12F2N2O2/c1-21-14-7-4-5-11(15(14)22-16(17)18)9-12(10-19)13-6-2-3-8-20-13/h2-9,16H,1H3. The Morgan fingerprint density at radius 1 is 1.27 bits per heavy atom. The number of ether oxygens (including phenoxy) is 2. The van der Waals surface area contributed by atoms with E-state index in [2.05, 4.69) is 9.72 Å². The van der Waals surface area contributed by atoms with Gasteiger partial charge in [-0.2, -0.15) is 14.0 Å². The number of nitrogens with zero attached hydrogens (tertiary/aromatic N) is 2. The summed E-state index contributed by atoms with van der Waals surface area (Å²) in [5.74, 6) is 0.0380. The fourth-order valence-corrected chi connectivity index (χ4v) is 1.86. The van der Waals surface area contributed by atoms with Crippen LogP contribution in [-0.2, 0) is 0 Å². The molecule has 2 aromatic rings. The fourth-order valence-electron chi connectivity index (χ4n) is 1.86. The Morgan fingerprint density at radius 2 is 2.09 bits per heavy atom. The van der Waals surface area contributed by atoms with Crippen molar-refractivity contribution in [3.05, 3.63) is 53.9 Å². The zero-order valence-corrected chi connectivity index (χ0v) is 11.7. The number of aromatic nitrogens is 1. The first-order valence-electron chi connectivity index (χ1n) is 6.30. The molecule has 1 aromatic carbocycles. The van der Waals surface area contributed by atoms with Crippen LogP contribution in [0.25, 0.3) is 11.6 Å². The van der Waals surface area contributed by atoms with E-state index >= 15 is 0 Å². The summed E-state index contributed by atoms with van der Waals surface area (Å²) >= 11 is 0. The highest BCUT2D eigenvalue weighted by Crippen LogP contribution is 2.34. The number of alkyl halides is 2. The van der Waals surface area contributed by atoms with Crippen LogP contribution in [0.3, 0.4) is 0 Å². The number of hydrogen-bond donors (Lipinski definition) is 0. The minimum atomic E-state index is -3.00. The normalized spacial score (nSPS) is 11.1. The predicted molar refractivity (Wildman–Crippen MR) is 77.3 cm³/mol. The lowest BCUT2D eigenvalue weighted by Crippen LogP contribution is -2.05. The zero-order chi connectivity index (χ0) is 15.9. The lowest BCUT2D eigenvalue weighted by atomic mass is 10.1. The SMILES string of the molecule is COc1cccc(C=C(C#N)c2ccccn2)c1OC(F)F. The van der Waals surface area contributed by atoms with Gasteiger partial charge in [-0.3, -0.25) is 4.98 Å². The molecule has 0 saturated carbocycles. The second kappa shape index (κ2) is 7.18. The van der Waals surface area contributed by atoms with Gasteiger partial charge in [0.2, 0.25) is 0 Å². The van der Waals surface area contributed by atoms with E-state index in [1.807, 2.05) is 6.07 Å². The highest BCUT2D eigenvalue weighted by molar-refractivity contribution is 5.89. The maximum absolute atomic E-state index is 12.6. The van der Waals surface area contributed by atoms with Crippen LogP contribution in [0.1, 0.15) is 11.3 Å². The van der Waals surface area contributed by atoms with Gasteiger partial charge >= 0.3 is 6.61 Å². The first-order chi connectivity index (χ1) is 10.7. The largest absolute Gasteiger partial charge is 0.493 e. The van der Waals surface area contributed by atoms with E-state index in [0.29, 0.717) is 11.3 Å². The van der Waals surface area contributed by atoms with Gasteiger partial charge in [-0.15, -0.1) is 0 Å². The summed E-state index contributed by atoms with van der Waals surface area (Å²) in [5, 5.41) is 9.26. The molecule has 6 heteroatoms. The van der Waals surface area contributed by atoms with Gasteiger partial charge < -0.3 is 9.47 Å². The van der Waals surface area contributed by atoms with Gasteiger partial charge in [0.25, 0.3) is 0 Å². The highest BCUT2D eigenvalue weighted by atomic mass is 19.3. The molecule has 0 atom stereocenters. The summed E-state index contributed by atoms with van der Waals surface area (Å²) in [7, 11) is 1.35. The molecule has 0 radical (unpaired) electrons. The first kappa shape index (κ1) is 15.4. The number of allylic oxidation sites excluding steroid dienone is 1. The van der Waals surface area contributed by atoms with Crippen molar-refractivity contribution in [2.45, 2.75) is 6.61 Å². The van der Waals surface area contributed by atoms with Gasteiger partial charge in [-0.05, 0) is 24.3 Å². The quantitative estimate of drug-likeness (QED) is 0.789. The molecular formula is C16H12F2N2O2. The number of nitriles is 1. The molecule has 0 aliphatic heterocycles. The summed E-state index contributed by atoms with van der Waals surface area (Å²) in [5.41, 5.74) is 0.977. The Balaban J connectivity index is 2.52. The van der Waals surface area contributed by atoms with Crippen molar-refractivity contribution in [3.63, 3.8) is 0 Å². The molecule has 0 saturated heterocycles. The molecule has 22 heavy (non-hydrogen) atoms. The summed E-state index contributed by atoms with van der Waals surface area (Å²) < 4.78 is 34.7. The van der Waals surface area contributed by atoms with E-state index in [1.54, 1.807) is 36.5 Å². The number of hydrogen-bond acceptors (Lipinski definition) is 4. The molecule has 2 rings (SSSR count). The highest BCUT2D eigenvalue weighted by Gasteiger charge is 2.15. The molecule has 0 N–H and O–H groups in total. The number of methoxy groups -OCH3 is 1. The lowest BCUT2D eigenvalue weighted by Gasteiger charge is -2.12. The molecule has 4 nitrogen and oxygen atoms in total. The minimum absolute atomic E-state index is 0.122. The van der Waals surface area contributed by atoms with Gasteiger partial charge in [0, 0.05) is 11.8 Å². The first-order valence-corrected chi connectivity index (χ1v) is 6.30. The van der Waals surface area contributed by atoms with Crippen molar-refractivity contribution in [1.82, 2.24) is 4.98 Å². The monoisotopic (exact) mass is 302 g/mol. The number of para-hydroxylation sites is 1. The zero-order valence-electron chi connectivity index (χ0n) is 11.7. The smallest absolute Gasteiger partial charge is 0.387 e. The molecule has 0 unspecified atom stereocenters. The van der Waals surface area contributed by atoms with E-state index in [9.17, 15) is 14.0 Å². The molecule has 112 valence electrons. The van der Waals surface area contributed by atoms with E-state index in [-0.39, 0.29) is 17.1 Å². The van der Waals surface area contributed by atoms with Gasteiger partial charge in [0.1, 0.15) is 6.07 Å². The van der Waals surface area contributed by atoms with Crippen LogP contribution in [-0.4, -0.2) is 18.7 Å². The average Bonchev–Trinajstić information content (AvgIpc) is 2.54. The Morgan fingerprint density at radius 3 is 2.68 bits per heavy atom. The third-order valence-corrected chi connectivity index (χ3v) is 2.80.